The topological polar surface area (TPSA) is 0 Å². The van der Waals surface area contributed by atoms with E-state index in [1.807, 2.05) is 36.4 Å². The van der Waals surface area contributed by atoms with E-state index in [0.29, 0.717) is 0 Å². The molecule has 4 rings (SSSR count). The Hall–Kier alpha value is -1.56. The molecule has 2 aromatic carbocycles. The Kier molecular flexibility index (Phi) is 10.0. The van der Waals surface area contributed by atoms with Crippen LogP contribution in [0.1, 0.15) is 82.1 Å². The van der Waals surface area contributed by atoms with E-state index in [2.05, 4.69) is 30.3 Å². The maximum atomic E-state index is 2.27. The summed E-state index contributed by atoms with van der Waals surface area (Å²) >= 11 is 0. The fourth-order valence-corrected chi connectivity index (χ4v) is 3.61. The van der Waals surface area contributed by atoms with Crippen molar-refractivity contribution in [2.24, 2.45) is 0 Å². The second-order valence-electron chi connectivity index (χ2n) is 7.02. The molecule has 0 amide bonds. The summed E-state index contributed by atoms with van der Waals surface area (Å²) in [5, 5.41) is 0. The van der Waals surface area contributed by atoms with Crippen LogP contribution in [0.5, 0.6) is 0 Å². The molecule has 2 fully saturated rings. The molecular weight excluding hydrogens is 288 g/mol. The molecule has 0 saturated heterocycles. The Morgan fingerprint density at radius 3 is 1.17 bits per heavy atom. The molecule has 0 bridgehead atoms. The average molecular weight is 323 g/mol. The average Bonchev–Trinajstić information content (AvgIpc) is 2.73. The lowest BCUT2D eigenvalue weighted by Crippen LogP contribution is -2.03. The lowest BCUT2D eigenvalue weighted by atomic mass is 9.84. The van der Waals surface area contributed by atoms with E-state index in [-0.39, 0.29) is 0 Å². The van der Waals surface area contributed by atoms with Crippen LogP contribution in [-0.4, -0.2) is 0 Å². The van der Waals surface area contributed by atoms with E-state index in [1.54, 1.807) is 5.56 Å². The number of benzene rings is 2. The van der Waals surface area contributed by atoms with Crippen LogP contribution in [-0.2, 0) is 0 Å². The number of hydrogen-bond donors (Lipinski definition) is 0. The van der Waals surface area contributed by atoms with E-state index >= 15 is 0 Å². The molecule has 0 heteroatoms. The van der Waals surface area contributed by atoms with E-state index in [4.69, 9.17) is 0 Å². The highest BCUT2D eigenvalue weighted by molar-refractivity contribution is 5.19. The van der Waals surface area contributed by atoms with Crippen molar-refractivity contribution in [1.82, 2.24) is 0 Å². The van der Waals surface area contributed by atoms with Gasteiger partial charge in [0.25, 0.3) is 0 Å². The van der Waals surface area contributed by atoms with Crippen molar-refractivity contribution in [2.75, 3.05) is 0 Å². The highest BCUT2D eigenvalue weighted by atomic mass is 14.2. The smallest absolute Gasteiger partial charge is 0.0162 e. The minimum absolute atomic E-state index is 0.861. The Morgan fingerprint density at radius 2 is 0.750 bits per heavy atom. The van der Waals surface area contributed by atoms with Crippen LogP contribution in [0.15, 0.2) is 66.7 Å². The molecule has 0 aromatic heterocycles. The van der Waals surface area contributed by atoms with E-state index in [9.17, 15) is 0 Å². The lowest BCUT2D eigenvalue weighted by molar-refractivity contribution is 0.443. The normalized spacial score (nSPS) is 17.7. The van der Waals surface area contributed by atoms with E-state index < -0.39 is 0 Å². The van der Waals surface area contributed by atoms with Gasteiger partial charge in [-0.1, -0.05) is 125 Å². The number of rotatable bonds is 1. The minimum Gasteiger partial charge on any atom is -0.0623 e. The van der Waals surface area contributed by atoms with Crippen LogP contribution in [0.25, 0.3) is 0 Å². The SMILES string of the molecule is C1CCCCC1.c1ccc(C2CCCCC2)cc1.c1ccccc1. The van der Waals surface area contributed by atoms with Gasteiger partial charge in [-0.15, -0.1) is 0 Å². The molecular formula is C24H34. The van der Waals surface area contributed by atoms with Gasteiger partial charge in [-0.05, 0) is 24.3 Å². The molecule has 2 aliphatic carbocycles. The summed E-state index contributed by atoms with van der Waals surface area (Å²) in [6, 6.07) is 23.0. The molecule has 0 spiro atoms. The molecule has 2 saturated carbocycles. The van der Waals surface area contributed by atoms with Gasteiger partial charge in [-0.3, -0.25) is 0 Å². The largest absolute Gasteiger partial charge is 0.0623 e. The standard InChI is InChI=1S/C12H16.C6H12.C6H6/c1-3-7-11(8-4-1)12-9-5-2-6-10-12;2*1-2-4-6-5-3-1/h1,3-4,7-8,12H,2,5-6,9-10H2;1-6H2;1-6H. The zero-order valence-corrected chi connectivity index (χ0v) is 15.2. The Labute approximate surface area is 149 Å². The molecule has 0 nitrogen and oxygen atoms in total. The summed E-state index contributed by atoms with van der Waals surface area (Å²) in [6.45, 7) is 0. The van der Waals surface area contributed by atoms with Crippen LogP contribution in [0, 0.1) is 0 Å². The predicted molar refractivity (Wildman–Crippen MR) is 106 cm³/mol. The first kappa shape index (κ1) is 18.8. The monoisotopic (exact) mass is 322 g/mol. The highest BCUT2D eigenvalue weighted by Crippen LogP contribution is 2.32. The lowest BCUT2D eigenvalue weighted by Gasteiger charge is -2.21. The quantitative estimate of drug-likeness (QED) is 0.503. The van der Waals surface area contributed by atoms with Crippen LogP contribution < -0.4 is 0 Å². The molecule has 0 N–H and O–H groups in total. The Balaban J connectivity index is 0.000000146. The molecule has 0 radical (unpaired) electrons. The zero-order chi connectivity index (χ0) is 16.7. The van der Waals surface area contributed by atoms with Crippen molar-refractivity contribution in [1.29, 1.82) is 0 Å². The van der Waals surface area contributed by atoms with Gasteiger partial charge in [0.15, 0.2) is 0 Å². The highest BCUT2D eigenvalue weighted by Gasteiger charge is 2.14. The second-order valence-corrected chi connectivity index (χ2v) is 7.02. The molecule has 2 aliphatic rings. The van der Waals surface area contributed by atoms with Crippen molar-refractivity contribution in [3.8, 4) is 0 Å². The van der Waals surface area contributed by atoms with Gasteiger partial charge in [0.05, 0.1) is 0 Å². The van der Waals surface area contributed by atoms with Gasteiger partial charge in [-0.2, -0.15) is 0 Å². The Morgan fingerprint density at radius 1 is 0.417 bits per heavy atom. The third kappa shape index (κ3) is 8.34. The maximum Gasteiger partial charge on any atom is -0.0162 e. The molecule has 24 heavy (non-hydrogen) atoms. The number of hydrogen-bond acceptors (Lipinski definition) is 0. The van der Waals surface area contributed by atoms with Gasteiger partial charge >= 0.3 is 0 Å². The first-order valence-electron chi connectivity index (χ1n) is 10.0. The summed E-state index contributed by atoms with van der Waals surface area (Å²) in [6.07, 6.45) is 16.1. The summed E-state index contributed by atoms with van der Waals surface area (Å²) in [4.78, 5) is 0. The van der Waals surface area contributed by atoms with Crippen molar-refractivity contribution in [3.05, 3.63) is 72.3 Å². The molecule has 0 heterocycles. The zero-order valence-electron chi connectivity index (χ0n) is 15.2. The first-order valence-corrected chi connectivity index (χ1v) is 10.0. The van der Waals surface area contributed by atoms with Gasteiger partial charge in [0.1, 0.15) is 0 Å². The van der Waals surface area contributed by atoms with Crippen LogP contribution in [0.2, 0.25) is 0 Å². The predicted octanol–water partition coefficient (Wildman–Crippen LogP) is 7.76. The minimum atomic E-state index is 0.861. The van der Waals surface area contributed by atoms with Crippen LogP contribution in [0.3, 0.4) is 0 Å². The molecule has 0 aliphatic heterocycles. The first-order chi connectivity index (χ1) is 12.0. The van der Waals surface area contributed by atoms with Crippen molar-refractivity contribution < 1.29 is 0 Å². The van der Waals surface area contributed by atoms with Crippen molar-refractivity contribution in [2.45, 2.75) is 76.5 Å². The van der Waals surface area contributed by atoms with Gasteiger partial charge < -0.3 is 0 Å². The molecule has 0 unspecified atom stereocenters. The summed E-state index contributed by atoms with van der Waals surface area (Å²) in [7, 11) is 0. The third-order valence-corrected chi connectivity index (χ3v) is 5.04. The van der Waals surface area contributed by atoms with Crippen LogP contribution in [0.4, 0.5) is 0 Å². The summed E-state index contributed by atoms with van der Waals surface area (Å²) in [5.41, 5.74) is 1.55. The maximum absolute atomic E-state index is 2.27. The third-order valence-electron chi connectivity index (χ3n) is 5.04. The van der Waals surface area contributed by atoms with E-state index in [1.165, 1.54) is 70.6 Å². The molecule has 2 aromatic rings. The molecule has 130 valence electrons. The molecule has 0 atom stereocenters. The second kappa shape index (κ2) is 12.8. The summed E-state index contributed by atoms with van der Waals surface area (Å²) < 4.78 is 0. The van der Waals surface area contributed by atoms with Crippen molar-refractivity contribution in [3.63, 3.8) is 0 Å². The van der Waals surface area contributed by atoms with E-state index in [0.717, 1.165) is 5.92 Å². The van der Waals surface area contributed by atoms with Crippen molar-refractivity contribution >= 4 is 0 Å². The van der Waals surface area contributed by atoms with Gasteiger partial charge in [0.2, 0.25) is 0 Å². The fraction of sp³-hybridized carbons (Fsp3) is 0.500. The van der Waals surface area contributed by atoms with Gasteiger partial charge in [-0.25, -0.2) is 0 Å². The van der Waals surface area contributed by atoms with Gasteiger partial charge in [0, 0.05) is 0 Å². The fourth-order valence-electron chi connectivity index (χ4n) is 3.61. The Bertz CT molecular complexity index is 440. The summed E-state index contributed by atoms with van der Waals surface area (Å²) in [5.74, 6) is 0.861. The van der Waals surface area contributed by atoms with Crippen LogP contribution >= 0.6 is 0 Å².